The van der Waals surface area contributed by atoms with E-state index in [2.05, 4.69) is 13.8 Å². The molecule has 5 rings (SSSR count). The number of nitrogens with two attached hydrogens (primary N) is 1. The average molecular weight is 313 g/mol. The van der Waals surface area contributed by atoms with E-state index >= 15 is 0 Å². The third-order valence-corrected chi connectivity index (χ3v) is 8.91. The minimum absolute atomic E-state index is 0.380. The van der Waals surface area contributed by atoms with Crippen LogP contribution >= 0.6 is 0 Å². The molecule has 4 unspecified atom stereocenters. The van der Waals surface area contributed by atoms with E-state index in [1.165, 1.54) is 37.7 Å². The minimum atomic E-state index is 0.380. The number of ketones is 1. The maximum absolute atomic E-state index is 11.9. The highest BCUT2D eigenvalue weighted by Gasteiger charge is 2.69. The molecule has 5 aliphatic carbocycles. The van der Waals surface area contributed by atoms with Gasteiger partial charge in [0.2, 0.25) is 0 Å². The Labute approximate surface area is 140 Å². The molecule has 0 bridgehead atoms. The summed E-state index contributed by atoms with van der Waals surface area (Å²) in [6.07, 6.45) is 10.6. The van der Waals surface area contributed by atoms with Crippen molar-refractivity contribution >= 4 is 5.78 Å². The number of rotatable bonds is 1. The quantitative estimate of drug-likeness (QED) is 0.796. The minimum Gasteiger partial charge on any atom is -0.327 e. The smallest absolute Gasteiger partial charge is 0.155 e. The van der Waals surface area contributed by atoms with Crippen LogP contribution in [-0.4, -0.2) is 11.8 Å². The van der Waals surface area contributed by atoms with Crippen LogP contribution in [0.25, 0.3) is 0 Å². The van der Waals surface area contributed by atoms with Crippen molar-refractivity contribution in [3.8, 4) is 0 Å². The zero-order valence-electron chi connectivity index (χ0n) is 14.6. The van der Waals surface area contributed by atoms with Crippen molar-refractivity contribution < 1.29 is 4.79 Å². The first-order chi connectivity index (χ1) is 11.1. The van der Waals surface area contributed by atoms with Gasteiger partial charge in [0.15, 0.2) is 5.78 Å². The van der Waals surface area contributed by atoms with Gasteiger partial charge in [-0.2, -0.15) is 0 Å². The average Bonchev–Trinajstić information content (AvgIpc) is 3.28. The van der Waals surface area contributed by atoms with Crippen LogP contribution in [0.15, 0.2) is 11.6 Å². The van der Waals surface area contributed by atoms with Gasteiger partial charge in [-0.3, -0.25) is 4.79 Å². The third-order valence-electron chi connectivity index (χ3n) is 8.91. The third kappa shape index (κ3) is 1.77. The Balaban J connectivity index is 1.54. The topological polar surface area (TPSA) is 43.1 Å². The molecule has 2 N–H and O–H groups in total. The van der Waals surface area contributed by atoms with Gasteiger partial charge in [-0.1, -0.05) is 19.4 Å². The fraction of sp³-hybridized carbons (Fsp3) is 0.857. The molecule has 9 atom stereocenters. The molecule has 126 valence electrons. The molecule has 0 aromatic carbocycles. The number of hydrogen-bond acceptors (Lipinski definition) is 2. The van der Waals surface area contributed by atoms with E-state index in [-0.39, 0.29) is 0 Å². The number of carbonyl (C=O) groups excluding carboxylic acids is 1. The molecule has 0 amide bonds. The number of hydrogen-bond donors (Lipinski definition) is 1. The molecule has 0 heterocycles. The van der Waals surface area contributed by atoms with Gasteiger partial charge < -0.3 is 5.73 Å². The van der Waals surface area contributed by atoms with Gasteiger partial charge in [0.05, 0.1) is 0 Å². The number of allylic oxidation sites excluding steroid dienone is 1. The summed E-state index contributed by atoms with van der Waals surface area (Å²) in [7, 11) is 0. The summed E-state index contributed by atoms with van der Waals surface area (Å²) in [6, 6.07) is 0.473. The largest absolute Gasteiger partial charge is 0.327 e. The lowest BCUT2D eigenvalue weighted by Gasteiger charge is -2.58. The lowest BCUT2D eigenvalue weighted by Crippen LogP contribution is -2.54. The molecule has 0 radical (unpaired) electrons. The fourth-order valence-corrected chi connectivity index (χ4v) is 8.00. The Morgan fingerprint density at radius 2 is 2.09 bits per heavy atom. The first-order valence-corrected chi connectivity index (χ1v) is 10.1. The van der Waals surface area contributed by atoms with Crippen LogP contribution in [0, 0.1) is 46.8 Å². The summed E-state index contributed by atoms with van der Waals surface area (Å²) in [6.45, 7) is 4.87. The summed E-state index contributed by atoms with van der Waals surface area (Å²) in [5.41, 5.74) is 8.74. The molecule has 2 nitrogen and oxygen atoms in total. The van der Waals surface area contributed by atoms with E-state index in [9.17, 15) is 4.79 Å². The van der Waals surface area contributed by atoms with Crippen molar-refractivity contribution in [2.45, 2.75) is 64.8 Å². The predicted octanol–water partition coefficient (Wildman–Crippen LogP) is 3.95. The Bertz CT molecular complexity index is 580. The fourth-order valence-electron chi connectivity index (χ4n) is 8.00. The Hall–Kier alpha value is -0.630. The normalized spacial score (nSPS) is 57.0. The molecule has 0 aromatic rings. The van der Waals surface area contributed by atoms with Gasteiger partial charge >= 0.3 is 0 Å². The molecule has 2 heteroatoms. The maximum Gasteiger partial charge on any atom is 0.155 e. The van der Waals surface area contributed by atoms with E-state index in [4.69, 9.17) is 5.73 Å². The van der Waals surface area contributed by atoms with Crippen LogP contribution in [0.4, 0.5) is 0 Å². The predicted molar refractivity (Wildman–Crippen MR) is 91.6 cm³/mol. The molecule has 4 fully saturated rings. The van der Waals surface area contributed by atoms with Gasteiger partial charge in [-0.05, 0) is 91.4 Å². The molecular formula is C21H31NO. The second-order valence-corrected chi connectivity index (χ2v) is 9.49. The second-order valence-electron chi connectivity index (χ2n) is 9.49. The van der Waals surface area contributed by atoms with Crippen molar-refractivity contribution in [2.24, 2.45) is 52.6 Å². The van der Waals surface area contributed by atoms with Crippen LogP contribution in [0.3, 0.4) is 0 Å². The van der Waals surface area contributed by atoms with Crippen LogP contribution in [0.2, 0.25) is 0 Å². The van der Waals surface area contributed by atoms with Gasteiger partial charge in [-0.25, -0.2) is 0 Å². The van der Waals surface area contributed by atoms with Gasteiger partial charge in [0.25, 0.3) is 0 Å². The van der Waals surface area contributed by atoms with E-state index in [1.54, 1.807) is 0 Å². The number of carbonyl (C=O) groups is 1. The van der Waals surface area contributed by atoms with Gasteiger partial charge in [-0.15, -0.1) is 0 Å². The summed E-state index contributed by atoms with van der Waals surface area (Å²) in [5.74, 6) is 6.24. The lowest BCUT2D eigenvalue weighted by atomic mass is 9.47. The lowest BCUT2D eigenvalue weighted by molar-refractivity contribution is -0.116. The standard InChI is InChI=1S/C21H31NO/c1-3-21-7-6-15-14-5-4-13(23)9-12(14)8-11(2)18(15)19(21)16-10-17(16)20(21)22/h9,11,14-20H,3-8,10,22H2,1-2H3/t11-,14?,15?,16+,17-,18?,19?,20-,21-/m0/s1. The first kappa shape index (κ1) is 14.7. The van der Waals surface area contributed by atoms with Crippen LogP contribution < -0.4 is 5.73 Å². The van der Waals surface area contributed by atoms with Crippen LogP contribution in [-0.2, 0) is 4.79 Å². The molecule has 23 heavy (non-hydrogen) atoms. The van der Waals surface area contributed by atoms with Gasteiger partial charge in [0, 0.05) is 12.5 Å². The molecule has 0 spiro atoms. The van der Waals surface area contributed by atoms with E-state index in [0.29, 0.717) is 17.2 Å². The van der Waals surface area contributed by atoms with E-state index in [0.717, 1.165) is 54.3 Å². The summed E-state index contributed by atoms with van der Waals surface area (Å²) < 4.78 is 0. The second kappa shape index (κ2) is 4.71. The molecule has 0 aliphatic heterocycles. The first-order valence-electron chi connectivity index (χ1n) is 10.1. The summed E-state index contributed by atoms with van der Waals surface area (Å²) in [4.78, 5) is 11.9. The van der Waals surface area contributed by atoms with Crippen molar-refractivity contribution in [1.82, 2.24) is 0 Å². The summed E-state index contributed by atoms with van der Waals surface area (Å²) in [5, 5.41) is 0. The van der Waals surface area contributed by atoms with E-state index < -0.39 is 0 Å². The highest BCUT2D eigenvalue weighted by molar-refractivity contribution is 5.91. The van der Waals surface area contributed by atoms with Crippen molar-refractivity contribution in [3.05, 3.63) is 11.6 Å². The molecule has 0 saturated heterocycles. The molecule has 4 saturated carbocycles. The highest BCUT2D eigenvalue weighted by atomic mass is 16.1. The van der Waals surface area contributed by atoms with Crippen molar-refractivity contribution in [3.63, 3.8) is 0 Å². The Kier molecular flexibility index (Phi) is 3.01. The van der Waals surface area contributed by atoms with E-state index in [1.807, 2.05) is 6.08 Å². The van der Waals surface area contributed by atoms with Crippen molar-refractivity contribution in [2.75, 3.05) is 0 Å². The molecule has 0 aromatic heterocycles. The molecule has 5 aliphatic rings. The zero-order valence-corrected chi connectivity index (χ0v) is 14.6. The van der Waals surface area contributed by atoms with Crippen LogP contribution in [0.1, 0.15) is 58.8 Å². The SMILES string of the molecule is CC[C@]12CCC3C4CCC(=O)C=C4C[C@H](C)C3C1[C@@H]1C[C@@H]1[C@@H]2N. The van der Waals surface area contributed by atoms with Crippen LogP contribution in [0.5, 0.6) is 0 Å². The molecular weight excluding hydrogens is 282 g/mol. The Morgan fingerprint density at radius 3 is 2.87 bits per heavy atom. The zero-order chi connectivity index (χ0) is 15.9. The monoisotopic (exact) mass is 313 g/mol. The van der Waals surface area contributed by atoms with Gasteiger partial charge in [0.1, 0.15) is 0 Å². The maximum atomic E-state index is 11.9. The number of fused-ring (bicyclic) bond motifs is 7. The highest BCUT2D eigenvalue weighted by Crippen LogP contribution is 2.73. The Morgan fingerprint density at radius 1 is 1.26 bits per heavy atom. The van der Waals surface area contributed by atoms with Crippen molar-refractivity contribution in [1.29, 1.82) is 0 Å². The summed E-state index contributed by atoms with van der Waals surface area (Å²) >= 11 is 0.